The minimum atomic E-state index is -0.859. The fraction of sp³-hybridized carbons (Fsp3) is 0.733. The van der Waals surface area contributed by atoms with Crippen LogP contribution in [-0.4, -0.2) is 61.6 Å². The summed E-state index contributed by atoms with van der Waals surface area (Å²) >= 11 is 0. The summed E-state index contributed by atoms with van der Waals surface area (Å²) in [6.07, 6.45) is 7.29. The Hall–Kier alpha value is -2.88. The Morgan fingerprint density at radius 3 is 2.55 bits per heavy atom. The first kappa shape index (κ1) is 31.6. The third kappa shape index (κ3) is 9.35. The molecule has 1 saturated heterocycles. The first-order valence-corrected chi connectivity index (χ1v) is 14.6. The van der Waals surface area contributed by atoms with Crippen molar-refractivity contribution in [3.63, 3.8) is 0 Å². The van der Waals surface area contributed by atoms with Crippen LogP contribution in [0.5, 0.6) is 11.5 Å². The molecule has 2 heterocycles. The van der Waals surface area contributed by atoms with Gasteiger partial charge in [0.2, 0.25) is 6.79 Å². The van der Waals surface area contributed by atoms with Gasteiger partial charge in [-0.25, -0.2) is 9.78 Å². The van der Waals surface area contributed by atoms with E-state index in [2.05, 4.69) is 24.1 Å². The average Bonchev–Trinajstić information content (AvgIpc) is 3.74. The Labute approximate surface area is 237 Å². The Balaban J connectivity index is 1.72. The number of esters is 2. The van der Waals surface area contributed by atoms with Gasteiger partial charge >= 0.3 is 11.9 Å². The molecule has 1 aromatic heterocycles. The molecule has 0 aromatic carbocycles. The summed E-state index contributed by atoms with van der Waals surface area (Å²) in [6, 6.07) is 0.674. The van der Waals surface area contributed by atoms with Crippen LogP contribution in [0.25, 0.3) is 0 Å². The van der Waals surface area contributed by atoms with Crippen molar-refractivity contribution in [3.8, 4) is 11.5 Å². The Bertz CT molecular complexity index is 994. The summed E-state index contributed by atoms with van der Waals surface area (Å²) in [7, 11) is 1.43. The number of carbonyl (C=O) groups is 3. The maximum absolute atomic E-state index is 13.4. The lowest BCUT2D eigenvalue weighted by Gasteiger charge is -2.31. The number of carbonyl (C=O) groups excluding carboxylic acids is 3. The molecule has 2 aliphatic rings. The molecular formula is C30H46N2O8. The maximum atomic E-state index is 13.4. The summed E-state index contributed by atoms with van der Waals surface area (Å²) in [4.78, 5) is 42.6. The molecule has 1 amide bonds. The van der Waals surface area contributed by atoms with Gasteiger partial charge in [-0.1, -0.05) is 40.5 Å². The van der Waals surface area contributed by atoms with Gasteiger partial charge < -0.3 is 29.0 Å². The smallest absolute Gasteiger partial charge is 0.329 e. The Morgan fingerprint density at radius 2 is 1.90 bits per heavy atom. The molecule has 1 aromatic rings. The number of amides is 1. The molecule has 4 unspecified atom stereocenters. The lowest BCUT2D eigenvalue weighted by atomic mass is 9.86. The van der Waals surface area contributed by atoms with E-state index < -0.39 is 36.8 Å². The predicted octanol–water partition coefficient (Wildman–Crippen LogP) is 4.69. The summed E-state index contributed by atoms with van der Waals surface area (Å²) in [5.74, 6) is -0.174. The standard InChI is InChI=1S/C30H46N2O8/c1-18(2)10-13-22-8-7-9-23(30(35)40-20(5)26(22)37-16-21-11-12-21)32-28(33)25-27(24(36-6)14-15-31-25)38-17-39-29(34)19(3)4/h14-15,18-23,26H,7-13,16-17H2,1-6H3,(H,32,33). The van der Waals surface area contributed by atoms with Crippen molar-refractivity contribution in [1.82, 2.24) is 10.3 Å². The first-order chi connectivity index (χ1) is 19.1. The van der Waals surface area contributed by atoms with Crippen LogP contribution < -0.4 is 14.8 Å². The number of cyclic esters (lactones) is 1. The Morgan fingerprint density at radius 1 is 1.15 bits per heavy atom. The molecule has 1 N–H and O–H groups in total. The number of hydrogen-bond acceptors (Lipinski definition) is 9. The highest BCUT2D eigenvalue weighted by molar-refractivity contribution is 5.98. The second-order valence-electron chi connectivity index (χ2n) is 11.6. The summed E-state index contributed by atoms with van der Waals surface area (Å²) < 4.78 is 28.3. The molecule has 1 aliphatic heterocycles. The number of rotatable bonds is 13. The second-order valence-corrected chi connectivity index (χ2v) is 11.6. The van der Waals surface area contributed by atoms with Gasteiger partial charge in [-0.2, -0.15) is 0 Å². The van der Waals surface area contributed by atoms with E-state index >= 15 is 0 Å². The third-order valence-electron chi connectivity index (χ3n) is 7.40. The van der Waals surface area contributed by atoms with E-state index in [1.165, 1.54) is 32.2 Å². The van der Waals surface area contributed by atoms with Gasteiger partial charge in [-0.3, -0.25) is 9.59 Å². The SMILES string of the molecule is COc1ccnc(C(=O)NC2CCCC(CCC(C)C)C(OCC3CC3)C(C)OC2=O)c1OCOC(=O)C(C)C. The first-order valence-electron chi connectivity index (χ1n) is 14.6. The van der Waals surface area contributed by atoms with Crippen molar-refractivity contribution in [2.24, 2.45) is 23.7 Å². The fourth-order valence-corrected chi connectivity index (χ4v) is 4.80. The molecule has 2 fully saturated rings. The van der Waals surface area contributed by atoms with E-state index in [9.17, 15) is 14.4 Å². The number of nitrogens with zero attached hydrogens (tertiary/aromatic N) is 1. The molecular weight excluding hydrogens is 516 g/mol. The van der Waals surface area contributed by atoms with Gasteiger partial charge in [-0.15, -0.1) is 0 Å². The van der Waals surface area contributed by atoms with E-state index in [1.807, 2.05) is 6.92 Å². The molecule has 10 nitrogen and oxygen atoms in total. The average molecular weight is 563 g/mol. The largest absolute Gasteiger partial charge is 0.493 e. The van der Waals surface area contributed by atoms with Crippen molar-refractivity contribution in [2.75, 3.05) is 20.5 Å². The zero-order valence-electron chi connectivity index (χ0n) is 24.8. The van der Waals surface area contributed by atoms with E-state index in [1.54, 1.807) is 13.8 Å². The molecule has 40 heavy (non-hydrogen) atoms. The number of methoxy groups -OCH3 is 1. The number of nitrogens with one attached hydrogen (secondary N) is 1. The number of pyridine rings is 1. The van der Waals surface area contributed by atoms with Crippen LogP contribution in [0.1, 0.15) is 90.1 Å². The van der Waals surface area contributed by atoms with Crippen LogP contribution in [0.15, 0.2) is 12.3 Å². The topological polar surface area (TPSA) is 122 Å². The summed E-state index contributed by atoms with van der Waals surface area (Å²) in [5, 5.41) is 2.79. The fourth-order valence-electron chi connectivity index (χ4n) is 4.80. The van der Waals surface area contributed by atoms with Crippen LogP contribution in [-0.2, 0) is 23.8 Å². The minimum Gasteiger partial charge on any atom is -0.493 e. The van der Waals surface area contributed by atoms with Crippen LogP contribution in [0, 0.1) is 23.7 Å². The van der Waals surface area contributed by atoms with Crippen LogP contribution >= 0.6 is 0 Å². The van der Waals surface area contributed by atoms with Crippen molar-refractivity contribution in [1.29, 1.82) is 0 Å². The normalized spacial score (nSPS) is 23.6. The van der Waals surface area contributed by atoms with Crippen molar-refractivity contribution in [2.45, 2.75) is 97.8 Å². The summed E-state index contributed by atoms with van der Waals surface area (Å²) in [5.41, 5.74) is -0.0823. The highest BCUT2D eigenvalue weighted by Crippen LogP contribution is 2.34. The lowest BCUT2D eigenvalue weighted by molar-refractivity contribution is -0.161. The predicted molar refractivity (Wildman–Crippen MR) is 148 cm³/mol. The molecule has 1 saturated carbocycles. The zero-order valence-corrected chi connectivity index (χ0v) is 24.8. The highest BCUT2D eigenvalue weighted by Gasteiger charge is 2.36. The van der Waals surface area contributed by atoms with Crippen molar-refractivity contribution >= 4 is 17.8 Å². The molecule has 4 atom stereocenters. The van der Waals surface area contributed by atoms with Gasteiger partial charge in [0.25, 0.3) is 5.91 Å². The van der Waals surface area contributed by atoms with E-state index in [0.717, 1.165) is 25.7 Å². The quantitative estimate of drug-likeness (QED) is 0.269. The van der Waals surface area contributed by atoms with E-state index in [0.29, 0.717) is 24.9 Å². The van der Waals surface area contributed by atoms with E-state index in [-0.39, 0.29) is 35.1 Å². The summed E-state index contributed by atoms with van der Waals surface area (Å²) in [6.45, 7) is 10.0. The van der Waals surface area contributed by atoms with Crippen molar-refractivity contribution < 1.29 is 38.1 Å². The minimum absolute atomic E-state index is 0.0196. The monoisotopic (exact) mass is 562 g/mol. The van der Waals surface area contributed by atoms with E-state index in [4.69, 9.17) is 23.7 Å². The molecule has 1 aliphatic carbocycles. The van der Waals surface area contributed by atoms with Gasteiger partial charge in [0.15, 0.2) is 17.2 Å². The Kier molecular flexibility index (Phi) is 12.0. The molecule has 3 rings (SSSR count). The van der Waals surface area contributed by atoms with Gasteiger partial charge in [0.1, 0.15) is 12.1 Å². The third-order valence-corrected chi connectivity index (χ3v) is 7.40. The van der Waals surface area contributed by atoms with Crippen LogP contribution in [0.2, 0.25) is 0 Å². The van der Waals surface area contributed by atoms with Gasteiger partial charge in [0.05, 0.1) is 19.1 Å². The molecule has 0 bridgehead atoms. The van der Waals surface area contributed by atoms with Gasteiger partial charge in [0, 0.05) is 18.9 Å². The lowest BCUT2D eigenvalue weighted by Crippen LogP contribution is -2.44. The van der Waals surface area contributed by atoms with Crippen LogP contribution in [0.4, 0.5) is 0 Å². The number of hydrogen-bond donors (Lipinski definition) is 1. The molecule has 10 heteroatoms. The van der Waals surface area contributed by atoms with Gasteiger partial charge in [-0.05, 0) is 56.8 Å². The van der Waals surface area contributed by atoms with Crippen LogP contribution in [0.3, 0.4) is 0 Å². The van der Waals surface area contributed by atoms with Crippen molar-refractivity contribution in [3.05, 3.63) is 18.0 Å². The number of aromatic nitrogens is 1. The molecule has 0 spiro atoms. The zero-order chi connectivity index (χ0) is 29.2. The maximum Gasteiger partial charge on any atom is 0.329 e. The highest BCUT2D eigenvalue weighted by atomic mass is 16.7. The number of ether oxygens (including phenoxy) is 5. The molecule has 224 valence electrons. The molecule has 0 radical (unpaired) electrons. The second kappa shape index (κ2) is 15.2.